The molecule has 1 spiro atoms. The van der Waals surface area contributed by atoms with Crippen LogP contribution in [0.3, 0.4) is 0 Å². The van der Waals surface area contributed by atoms with Crippen LogP contribution in [0.25, 0.3) is 11.0 Å². The number of fused-ring (bicyclic) bond motifs is 3. The summed E-state index contributed by atoms with van der Waals surface area (Å²) in [5.41, 5.74) is -2.78. The van der Waals surface area contributed by atoms with Crippen LogP contribution < -0.4 is 20.1 Å². The van der Waals surface area contributed by atoms with Crippen molar-refractivity contribution in [2.24, 2.45) is 5.92 Å². The normalized spacial score (nSPS) is 23.7. The van der Waals surface area contributed by atoms with Crippen LogP contribution in [0.15, 0.2) is 24.3 Å². The van der Waals surface area contributed by atoms with Crippen molar-refractivity contribution in [1.29, 1.82) is 0 Å². The second kappa shape index (κ2) is 16.1. The van der Waals surface area contributed by atoms with E-state index in [1.165, 1.54) is 12.0 Å². The van der Waals surface area contributed by atoms with Gasteiger partial charge < -0.3 is 39.6 Å². The number of ether oxygens (including phenoxy) is 4. The smallest absolute Gasteiger partial charge is 0.408 e. The summed E-state index contributed by atoms with van der Waals surface area (Å²) in [5, 5.41) is 15.7. The predicted octanol–water partition coefficient (Wildman–Crippen LogP) is 3.92. The monoisotopic (exact) mass is 737 g/mol. The first-order chi connectivity index (χ1) is 25.2. The number of carbonyl (C=O) groups is 5. The van der Waals surface area contributed by atoms with Gasteiger partial charge in [0, 0.05) is 18.4 Å². The number of amides is 3. The van der Waals surface area contributed by atoms with Crippen LogP contribution in [0.5, 0.6) is 11.6 Å². The summed E-state index contributed by atoms with van der Waals surface area (Å²) in [4.78, 5) is 78.6. The summed E-state index contributed by atoms with van der Waals surface area (Å²) in [5.74, 6) is -2.28. The Hall–Kier alpha value is -4.79. The van der Waals surface area contributed by atoms with E-state index in [4.69, 9.17) is 18.9 Å². The molecule has 1 saturated carbocycles. The Morgan fingerprint density at radius 3 is 2.57 bits per heavy atom. The summed E-state index contributed by atoms with van der Waals surface area (Å²) in [6.45, 7) is 7.70. The van der Waals surface area contributed by atoms with Crippen molar-refractivity contribution in [3.05, 3.63) is 35.5 Å². The van der Waals surface area contributed by atoms with Crippen molar-refractivity contribution in [2.45, 2.75) is 115 Å². The average Bonchev–Trinajstić information content (AvgIpc) is 3.47. The molecule has 2 fully saturated rings. The van der Waals surface area contributed by atoms with Crippen molar-refractivity contribution < 1.29 is 48.0 Å². The van der Waals surface area contributed by atoms with Gasteiger partial charge in [-0.3, -0.25) is 14.4 Å². The van der Waals surface area contributed by atoms with Crippen LogP contribution in [0.4, 0.5) is 4.79 Å². The number of hydrogen-bond acceptors (Lipinski definition) is 12. The van der Waals surface area contributed by atoms with Crippen LogP contribution in [0, 0.1) is 5.92 Å². The van der Waals surface area contributed by atoms with Crippen LogP contribution in [-0.2, 0) is 30.5 Å². The fourth-order valence-corrected chi connectivity index (χ4v) is 7.24. The Balaban J connectivity index is 1.48. The maximum Gasteiger partial charge on any atom is 0.408 e. The summed E-state index contributed by atoms with van der Waals surface area (Å²) in [7, 11) is 1.44. The molecule has 4 heterocycles. The molecule has 2 aromatic rings. The van der Waals surface area contributed by atoms with E-state index < -0.39 is 59.8 Å². The second-order valence-electron chi connectivity index (χ2n) is 14.9. The van der Waals surface area contributed by atoms with Gasteiger partial charge in [-0.05, 0) is 59.4 Å². The SMILES string of the molecule is CCCCC/C=C\[C@@H]1CC[C@]1(NC(=O)[C@@H]1C[C@]2(CC(=O)c3c(c(CO)nc4ccc(OC)nc34)O2)CN1C(=O)CNC(=O)OC(C)(C)C)C(=O)OCC. The van der Waals surface area contributed by atoms with Crippen molar-refractivity contribution in [1.82, 2.24) is 25.5 Å². The Morgan fingerprint density at radius 1 is 1.15 bits per heavy atom. The molecular formula is C38H51N5O10. The third-order valence-electron chi connectivity index (χ3n) is 9.89. The van der Waals surface area contributed by atoms with Crippen molar-refractivity contribution in [3.63, 3.8) is 0 Å². The van der Waals surface area contributed by atoms with E-state index in [1.54, 1.807) is 39.8 Å². The predicted molar refractivity (Wildman–Crippen MR) is 192 cm³/mol. The Morgan fingerprint density at radius 2 is 1.92 bits per heavy atom. The van der Waals surface area contributed by atoms with Gasteiger partial charge in [-0.25, -0.2) is 19.6 Å². The first-order valence-electron chi connectivity index (χ1n) is 18.3. The maximum absolute atomic E-state index is 14.4. The van der Waals surface area contributed by atoms with Gasteiger partial charge in [0.05, 0.1) is 44.4 Å². The highest BCUT2D eigenvalue weighted by Crippen LogP contribution is 2.46. The number of rotatable bonds is 13. The van der Waals surface area contributed by atoms with Gasteiger partial charge in [0.1, 0.15) is 40.5 Å². The lowest BCUT2D eigenvalue weighted by atomic mass is 9.66. The zero-order valence-corrected chi connectivity index (χ0v) is 31.4. The standard InChI is InChI=1S/C38H51N5O10/c1-7-9-10-11-12-13-23-16-17-38(23,34(48)51-8-2)42-33(47)26-18-37(22-43(26)29(46)20-39-35(49)53-36(3,4)5)19-27(45)30-31-24(14-15-28(41-31)50-6)40-25(21-44)32(30)52-37/h12-15,23,26,44H,7-11,16-22H2,1-6H3,(H,39,49)(H,42,47)/b13-12-/t23-,26+,37+,38-/m1/s1. The number of likely N-dealkylation sites (tertiary alicyclic amines) is 1. The van der Waals surface area contributed by atoms with Gasteiger partial charge in [-0.15, -0.1) is 0 Å². The van der Waals surface area contributed by atoms with E-state index in [0.717, 1.165) is 25.7 Å². The molecule has 5 rings (SSSR count). The molecule has 288 valence electrons. The average molecular weight is 738 g/mol. The quantitative estimate of drug-likeness (QED) is 0.153. The van der Waals surface area contributed by atoms with Crippen molar-refractivity contribution in [2.75, 3.05) is 26.8 Å². The number of unbranched alkanes of at least 4 members (excludes halogenated alkanes) is 3. The van der Waals surface area contributed by atoms with Gasteiger partial charge in [0.15, 0.2) is 11.5 Å². The number of aliphatic hydroxyl groups is 1. The Kier molecular flexibility index (Phi) is 11.9. The number of nitrogens with zero attached hydrogens (tertiary/aromatic N) is 3. The lowest BCUT2D eigenvalue weighted by molar-refractivity contribution is -0.161. The summed E-state index contributed by atoms with van der Waals surface area (Å²) >= 11 is 0. The molecule has 15 nitrogen and oxygen atoms in total. The van der Waals surface area contributed by atoms with E-state index in [1.807, 2.05) is 12.2 Å². The summed E-state index contributed by atoms with van der Waals surface area (Å²) in [6, 6.07) is 2.01. The first kappa shape index (κ1) is 39.4. The fraction of sp³-hybridized carbons (Fsp3) is 0.605. The van der Waals surface area contributed by atoms with Crippen LogP contribution in [0.2, 0.25) is 0 Å². The third kappa shape index (κ3) is 8.40. The topological polar surface area (TPSA) is 196 Å². The molecule has 3 amide bonds. The minimum Gasteiger partial charge on any atom is -0.482 e. The molecule has 0 radical (unpaired) electrons. The van der Waals surface area contributed by atoms with Gasteiger partial charge in [-0.1, -0.05) is 31.9 Å². The number of Topliss-reactive ketones (excluding diaryl/α,β-unsaturated/α-hetero) is 1. The molecule has 1 saturated heterocycles. The first-order valence-corrected chi connectivity index (χ1v) is 18.3. The molecule has 2 aromatic heterocycles. The molecule has 53 heavy (non-hydrogen) atoms. The lowest BCUT2D eigenvalue weighted by Gasteiger charge is -2.47. The number of methoxy groups -OCH3 is 1. The number of aliphatic hydroxyl groups excluding tert-OH is 1. The number of hydrogen-bond donors (Lipinski definition) is 3. The largest absolute Gasteiger partial charge is 0.482 e. The van der Waals surface area contributed by atoms with E-state index in [2.05, 4.69) is 27.5 Å². The van der Waals surface area contributed by atoms with Crippen molar-refractivity contribution >= 4 is 40.7 Å². The number of aromatic nitrogens is 2. The van der Waals surface area contributed by atoms with E-state index in [-0.39, 0.29) is 66.1 Å². The maximum atomic E-state index is 14.4. The molecule has 0 bridgehead atoms. The molecule has 4 atom stereocenters. The highest BCUT2D eigenvalue weighted by atomic mass is 16.6. The third-order valence-corrected chi connectivity index (χ3v) is 9.89. The van der Waals surface area contributed by atoms with E-state index in [0.29, 0.717) is 18.4 Å². The molecule has 2 aliphatic heterocycles. The van der Waals surface area contributed by atoms with Gasteiger partial charge in [0.2, 0.25) is 17.7 Å². The molecule has 1 aliphatic carbocycles. The van der Waals surface area contributed by atoms with E-state index in [9.17, 15) is 29.1 Å². The molecule has 0 unspecified atom stereocenters. The van der Waals surface area contributed by atoms with Gasteiger partial charge in [-0.2, -0.15) is 0 Å². The van der Waals surface area contributed by atoms with Gasteiger partial charge >= 0.3 is 12.1 Å². The highest BCUT2D eigenvalue weighted by Gasteiger charge is 2.58. The highest BCUT2D eigenvalue weighted by molar-refractivity contribution is 6.10. The van der Waals surface area contributed by atoms with Crippen LogP contribution in [0.1, 0.15) is 102 Å². The Bertz CT molecular complexity index is 1770. The summed E-state index contributed by atoms with van der Waals surface area (Å²) < 4.78 is 22.6. The van der Waals surface area contributed by atoms with Crippen LogP contribution >= 0.6 is 0 Å². The second-order valence-corrected chi connectivity index (χ2v) is 14.9. The number of allylic oxidation sites excluding steroid dienone is 1. The Labute approximate surface area is 309 Å². The summed E-state index contributed by atoms with van der Waals surface area (Å²) in [6.07, 6.45) is 7.79. The zero-order chi connectivity index (χ0) is 38.6. The molecule has 3 N–H and O–H groups in total. The minimum absolute atomic E-state index is 0.00704. The molecule has 3 aliphatic rings. The number of pyridine rings is 2. The lowest BCUT2D eigenvalue weighted by Crippen LogP contribution is -2.67. The van der Waals surface area contributed by atoms with Crippen LogP contribution in [-0.4, -0.2) is 99.2 Å². The zero-order valence-electron chi connectivity index (χ0n) is 31.4. The number of nitrogens with one attached hydrogen (secondary N) is 2. The van der Waals surface area contributed by atoms with Gasteiger partial charge in [0.25, 0.3) is 0 Å². The molecule has 15 heteroatoms. The van der Waals surface area contributed by atoms with E-state index >= 15 is 0 Å². The number of alkyl carbamates (subject to hydrolysis) is 1. The fourth-order valence-electron chi connectivity index (χ4n) is 7.24. The number of carbonyl (C=O) groups excluding carboxylic acids is 5. The molecular weight excluding hydrogens is 686 g/mol. The number of ketones is 1. The van der Waals surface area contributed by atoms with Crippen molar-refractivity contribution in [3.8, 4) is 11.6 Å². The molecule has 0 aromatic carbocycles. The number of esters is 1. The minimum atomic E-state index is -1.42.